The molecule has 1 aromatic rings. The average molecular weight is 248 g/mol. The van der Waals surface area contributed by atoms with E-state index in [4.69, 9.17) is 5.11 Å². The van der Waals surface area contributed by atoms with E-state index in [1.807, 2.05) is 0 Å². The zero-order valence-electron chi connectivity index (χ0n) is 10.6. The fourth-order valence-corrected chi connectivity index (χ4v) is 2.44. The maximum atomic E-state index is 11.8. The molecule has 0 spiro atoms. The van der Waals surface area contributed by atoms with Gasteiger partial charge in [0, 0.05) is 12.6 Å². The molecule has 1 aliphatic rings. The van der Waals surface area contributed by atoms with Crippen LogP contribution in [0.4, 0.5) is 5.82 Å². The molecule has 1 aromatic heterocycles. The Labute approximate surface area is 107 Å². The summed E-state index contributed by atoms with van der Waals surface area (Å²) in [7, 11) is 0. The van der Waals surface area contributed by atoms with Crippen molar-refractivity contribution in [1.29, 1.82) is 0 Å². The lowest BCUT2D eigenvalue weighted by molar-refractivity contribution is -0.117. The topological polar surface area (TPSA) is 62.2 Å². The number of nitrogens with one attached hydrogen (secondary N) is 1. The van der Waals surface area contributed by atoms with Crippen LogP contribution in [0.25, 0.3) is 0 Å². The predicted molar refractivity (Wildman–Crippen MR) is 70.0 cm³/mol. The maximum Gasteiger partial charge on any atom is 0.225 e. The first-order valence-electron chi connectivity index (χ1n) is 6.63. The Hall–Kier alpha value is -1.42. The van der Waals surface area contributed by atoms with Gasteiger partial charge in [0.1, 0.15) is 5.82 Å². The minimum absolute atomic E-state index is 0.0245. The number of carbonyl (C=O) groups is 1. The van der Waals surface area contributed by atoms with Gasteiger partial charge in [-0.05, 0) is 30.4 Å². The molecule has 1 aliphatic carbocycles. The van der Waals surface area contributed by atoms with E-state index >= 15 is 0 Å². The van der Waals surface area contributed by atoms with Crippen LogP contribution < -0.4 is 5.32 Å². The van der Waals surface area contributed by atoms with Gasteiger partial charge in [0.15, 0.2) is 0 Å². The highest BCUT2D eigenvalue weighted by Crippen LogP contribution is 2.26. The molecule has 1 fully saturated rings. The number of anilines is 1. The van der Waals surface area contributed by atoms with Crippen LogP contribution >= 0.6 is 0 Å². The third-order valence-electron chi connectivity index (χ3n) is 3.47. The molecule has 0 aromatic carbocycles. The molecule has 4 heteroatoms. The Kier molecular flexibility index (Phi) is 4.70. The molecular formula is C14H20N2O2. The van der Waals surface area contributed by atoms with E-state index in [0.29, 0.717) is 18.2 Å². The number of nitrogens with zero attached hydrogens (tertiary/aromatic N) is 1. The summed E-state index contributed by atoms with van der Waals surface area (Å²) in [6.07, 6.45) is 8.33. The predicted octanol–water partition coefficient (Wildman–Crippen LogP) is 2.48. The van der Waals surface area contributed by atoms with Crippen LogP contribution in [-0.2, 0) is 11.4 Å². The van der Waals surface area contributed by atoms with Crippen molar-refractivity contribution in [3.63, 3.8) is 0 Å². The van der Waals surface area contributed by atoms with Crippen LogP contribution in [0.2, 0.25) is 0 Å². The number of aromatic nitrogens is 1. The van der Waals surface area contributed by atoms with Crippen molar-refractivity contribution in [3.05, 3.63) is 23.9 Å². The summed E-state index contributed by atoms with van der Waals surface area (Å²) in [5.74, 6) is 1.15. The minimum atomic E-state index is -0.0245. The van der Waals surface area contributed by atoms with Crippen molar-refractivity contribution in [3.8, 4) is 0 Å². The number of amides is 1. The highest BCUT2D eigenvalue weighted by molar-refractivity contribution is 5.89. The first-order chi connectivity index (χ1) is 8.78. The summed E-state index contributed by atoms with van der Waals surface area (Å²) in [5.41, 5.74) is 0.750. The Balaban J connectivity index is 1.82. The average Bonchev–Trinajstić information content (AvgIpc) is 2.40. The van der Waals surface area contributed by atoms with Crippen molar-refractivity contribution >= 4 is 11.7 Å². The maximum absolute atomic E-state index is 11.8. The highest BCUT2D eigenvalue weighted by Gasteiger charge is 2.17. The van der Waals surface area contributed by atoms with Gasteiger partial charge in [-0.25, -0.2) is 4.98 Å². The van der Waals surface area contributed by atoms with Crippen molar-refractivity contribution in [2.45, 2.75) is 45.1 Å². The van der Waals surface area contributed by atoms with E-state index in [0.717, 1.165) is 5.56 Å². The monoisotopic (exact) mass is 248 g/mol. The molecule has 98 valence electrons. The molecule has 1 heterocycles. The van der Waals surface area contributed by atoms with E-state index in [1.165, 1.54) is 32.1 Å². The van der Waals surface area contributed by atoms with Gasteiger partial charge in [-0.1, -0.05) is 25.3 Å². The SMILES string of the molecule is O=C(CC1CCCCC1)Nc1ccc(CO)cn1. The van der Waals surface area contributed by atoms with Crippen LogP contribution in [0.5, 0.6) is 0 Å². The standard InChI is InChI=1S/C14H20N2O2/c17-10-12-6-7-13(15-9-12)16-14(18)8-11-4-2-1-3-5-11/h6-7,9,11,17H,1-5,8,10H2,(H,15,16,18). The first kappa shape index (κ1) is 13.0. The third-order valence-corrected chi connectivity index (χ3v) is 3.47. The number of carbonyl (C=O) groups excluding carboxylic acids is 1. The van der Waals surface area contributed by atoms with Crippen LogP contribution in [-0.4, -0.2) is 16.0 Å². The number of rotatable bonds is 4. The van der Waals surface area contributed by atoms with Gasteiger partial charge in [0.05, 0.1) is 6.61 Å². The van der Waals surface area contributed by atoms with Crippen LogP contribution in [0.15, 0.2) is 18.3 Å². The second-order valence-electron chi connectivity index (χ2n) is 4.97. The summed E-state index contributed by atoms with van der Waals surface area (Å²) in [5, 5.41) is 11.7. The fraction of sp³-hybridized carbons (Fsp3) is 0.571. The van der Waals surface area contributed by atoms with Gasteiger partial charge in [0.25, 0.3) is 0 Å². The normalized spacial score (nSPS) is 16.5. The molecule has 0 radical (unpaired) electrons. The summed E-state index contributed by atoms with van der Waals surface area (Å²) >= 11 is 0. The zero-order valence-corrected chi connectivity index (χ0v) is 10.6. The largest absolute Gasteiger partial charge is 0.392 e. The van der Waals surface area contributed by atoms with E-state index < -0.39 is 0 Å². The van der Waals surface area contributed by atoms with E-state index in [1.54, 1.807) is 18.3 Å². The smallest absolute Gasteiger partial charge is 0.225 e. The molecule has 4 nitrogen and oxygen atoms in total. The fourth-order valence-electron chi connectivity index (χ4n) is 2.44. The molecule has 18 heavy (non-hydrogen) atoms. The molecule has 2 N–H and O–H groups in total. The number of aliphatic hydroxyl groups excluding tert-OH is 1. The van der Waals surface area contributed by atoms with Gasteiger partial charge in [0.2, 0.25) is 5.91 Å². The second-order valence-corrected chi connectivity index (χ2v) is 4.97. The second kappa shape index (κ2) is 6.50. The Bertz CT molecular complexity index is 383. The molecule has 0 bridgehead atoms. The molecule has 0 saturated heterocycles. The van der Waals surface area contributed by atoms with Crippen molar-refractivity contribution in [2.24, 2.45) is 5.92 Å². The quantitative estimate of drug-likeness (QED) is 0.860. The lowest BCUT2D eigenvalue weighted by atomic mass is 9.87. The summed E-state index contributed by atoms with van der Waals surface area (Å²) in [4.78, 5) is 15.9. The minimum Gasteiger partial charge on any atom is -0.392 e. The number of pyridine rings is 1. The third kappa shape index (κ3) is 3.81. The van der Waals surface area contributed by atoms with E-state index in [-0.39, 0.29) is 12.5 Å². The molecule has 0 unspecified atom stereocenters. The number of aliphatic hydroxyl groups is 1. The summed E-state index contributed by atoms with van der Waals surface area (Å²) < 4.78 is 0. The molecule has 1 amide bonds. The summed E-state index contributed by atoms with van der Waals surface area (Å²) in [6, 6.07) is 3.49. The van der Waals surface area contributed by atoms with E-state index in [9.17, 15) is 4.79 Å². The first-order valence-corrected chi connectivity index (χ1v) is 6.63. The lowest BCUT2D eigenvalue weighted by Crippen LogP contribution is -2.18. The molecule has 1 saturated carbocycles. The van der Waals surface area contributed by atoms with Crippen molar-refractivity contribution in [2.75, 3.05) is 5.32 Å². The van der Waals surface area contributed by atoms with Crippen molar-refractivity contribution < 1.29 is 9.90 Å². The van der Waals surface area contributed by atoms with Crippen molar-refractivity contribution in [1.82, 2.24) is 4.98 Å². The number of hydrogen-bond donors (Lipinski definition) is 2. The van der Waals surface area contributed by atoms with Crippen LogP contribution in [0, 0.1) is 5.92 Å². The number of hydrogen-bond acceptors (Lipinski definition) is 3. The molecule has 2 rings (SSSR count). The highest BCUT2D eigenvalue weighted by atomic mass is 16.3. The van der Waals surface area contributed by atoms with Gasteiger partial charge < -0.3 is 10.4 Å². The van der Waals surface area contributed by atoms with Gasteiger partial charge >= 0.3 is 0 Å². The van der Waals surface area contributed by atoms with Gasteiger partial charge in [-0.2, -0.15) is 0 Å². The van der Waals surface area contributed by atoms with Gasteiger partial charge in [-0.15, -0.1) is 0 Å². The molecule has 0 aliphatic heterocycles. The zero-order chi connectivity index (χ0) is 12.8. The Morgan fingerprint density at radius 2 is 2.11 bits per heavy atom. The Morgan fingerprint density at radius 3 is 2.72 bits per heavy atom. The molecule has 0 atom stereocenters. The van der Waals surface area contributed by atoms with E-state index in [2.05, 4.69) is 10.3 Å². The van der Waals surface area contributed by atoms with Crippen LogP contribution in [0.3, 0.4) is 0 Å². The molecular weight excluding hydrogens is 228 g/mol. The summed E-state index contributed by atoms with van der Waals surface area (Å²) in [6.45, 7) is -0.0245. The Morgan fingerprint density at radius 1 is 1.33 bits per heavy atom. The van der Waals surface area contributed by atoms with Crippen LogP contribution in [0.1, 0.15) is 44.1 Å². The van der Waals surface area contributed by atoms with Gasteiger partial charge in [-0.3, -0.25) is 4.79 Å². The lowest BCUT2D eigenvalue weighted by Gasteiger charge is -2.20.